The van der Waals surface area contributed by atoms with E-state index >= 15 is 0 Å². The Morgan fingerprint density at radius 3 is 2.50 bits per heavy atom. The average Bonchev–Trinajstić information content (AvgIpc) is 3.05. The number of carbonyl (C=O) groups is 3. The molecule has 1 atom stereocenters. The first-order valence-corrected chi connectivity index (χ1v) is 9.89. The molecule has 2 aromatic rings. The number of piperidine rings is 1. The Morgan fingerprint density at radius 2 is 1.87 bits per heavy atom. The first-order valence-electron chi connectivity index (χ1n) is 9.89. The number of carbonyl (C=O) groups excluding carboxylic acids is 3. The molecule has 0 saturated carbocycles. The lowest BCUT2D eigenvalue weighted by Gasteiger charge is -2.31. The molecule has 2 heterocycles. The van der Waals surface area contributed by atoms with Crippen molar-refractivity contribution in [2.75, 3.05) is 26.8 Å². The zero-order valence-corrected chi connectivity index (χ0v) is 17.5. The van der Waals surface area contributed by atoms with Gasteiger partial charge in [0, 0.05) is 30.2 Å². The molecule has 8 heteroatoms. The molecule has 1 aromatic carbocycles. The molecule has 1 fully saturated rings. The molecule has 2 amide bonds. The van der Waals surface area contributed by atoms with Crippen molar-refractivity contribution in [3.63, 3.8) is 0 Å². The molecule has 0 aliphatic carbocycles. The van der Waals surface area contributed by atoms with Crippen molar-refractivity contribution in [3.8, 4) is 11.4 Å². The van der Waals surface area contributed by atoms with Gasteiger partial charge in [0.05, 0.1) is 18.6 Å². The number of amides is 2. The van der Waals surface area contributed by atoms with Crippen molar-refractivity contribution in [2.24, 2.45) is 11.7 Å². The molecule has 30 heavy (non-hydrogen) atoms. The monoisotopic (exact) mass is 413 g/mol. The van der Waals surface area contributed by atoms with E-state index in [0.29, 0.717) is 24.9 Å². The van der Waals surface area contributed by atoms with Gasteiger partial charge in [0.15, 0.2) is 6.61 Å². The molecular formula is C22H27N3O5. The number of primary amides is 1. The van der Waals surface area contributed by atoms with Gasteiger partial charge in [-0.15, -0.1) is 0 Å². The summed E-state index contributed by atoms with van der Waals surface area (Å²) >= 11 is 0. The van der Waals surface area contributed by atoms with Crippen molar-refractivity contribution in [2.45, 2.75) is 26.7 Å². The van der Waals surface area contributed by atoms with Gasteiger partial charge in [-0.1, -0.05) is 0 Å². The van der Waals surface area contributed by atoms with Gasteiger partial charge >= 0.3 is 5.97 Å². The standard InChI is InChI=1S/C22H27N3O5/c1-14-11-19(15(2)25(14)17-6-8-18(29-3)9-7-17)22(28)30-13-20(26)24-10-4-5-16(12-24)21(23)27/h6-9,11,16H,4-5,10,12-13H2,1-3H3,(H2,23,27)/t16-/m0/s1. The summed E-state index contributed by atoms with van der Waals surface area (Å²) in [7, 11) is 1.61. The van der Waals surface area contributed by atoms with E-state index in [9.17, 15) is 14.4 Å². The van der Waals surface area contributed by atoms with E-state index in [-0.39, 0.29) is 25.0 Å². The van der Waals surface area contributed by atoms with Gasteiger partial charge < -0.3 is 24.7 Å². The third-order valence-corrected chi connectivity index (χ3v) is 5.48. The Bertz CT molecular complexity index is 948. The van der Waals surface area contributed by atoms with Crippen LogP contribution in [0.5, 0.6) is 5.75 Å². The summed E-state index contributed by atoms with van der Waals surface area (Å²) in [5.74, 6) is -0.883. The summed E-state index contributed by atoms with van der Waals surface area (Å²) in [6, 6.07) is 9.26. The van der Waals surface area contributed by atoms with Crippen LogP contribution in [-0.2, 0) is 14.3 Å². The molecule has 1 aromatic heterocycles. The largest absolute Gasteiger partial charge is 0.497 e. The van der Waals surface area contributed by atoms with Gasteiger partial charge in [-0.2, -0.15) is 0 Å². The highest BCUT2D eigenvalue weighted by Crippen LogP contribution is 2.23. The lowest BCUT2D eigenvalue weighted by Crippen LogP contribution is -2.45. The maximum Gasteiger partial charge on any atom is 0.340 e. The molecule has 1 aliphatic rings. The van der Waals surface area contributed by atoms with Crippen LogP contribution in [0.1, 0.15) is 34.6 Å². The number of esters is 1. The highest BCUT2D eigenvalue weighted by molar-refractivity contribution is 5.93. The van der Waals surface area contributed by atoms with Gasteiger partial charge in [0.25, 0.3) is 5.91 Å². The zero-order valence-electron chi connectivity index (χ0n) is 17.5. The van der Waals surface area contributed by atoms with Gasteiger partial charge in [0.1, 0.15) is 5.75 Å². The lowest BCUT2D eigenvalue weighted by molar-refractivity contribution is -0.137. The lowest BCUT2D eigenvalue weighted by atomic mass is 9.97. The Kier molecular flexibility index (Phi) is 6.44. The van der Waals surface area contributed by atoms with E-state index in [2.05, 4.69) is 0 Å². The van der Waals surface area contributed by atoms with Crippen LogP contribution in [-0.4, -0.2) is 54.1 Å². The first-order chi connectivity index (χ1) is 14.3. The molecule has 1 aliphatic heterocycles. The van der Waals surface area contributed by atoms with Gasteiger partial charge in [-0.05, 0) is 57.0 Å². The number of hydrogen-bond donors (Lipinski definition) is 1. The van der Waals surface area contributed by atoms with Crippen molar-refractivity contribution in [1.82, 2.24) is 9.47 Å². The summed E-state index contributed by atoms with van der Waals surface area (Å²) in [5, 5.41) is 0. The summed E-state index contributed by atoms with van der Waals surface area (Å²) in [5.41, 5.74) is 8.25. The molecule has 0 spiro atoms. The van der Waals surface area contributed by atoms with Crippen LogP contribution < -0.4 is 10.5 Å². The molecule has 160 valence electrons. The highest BCUT2D eigenvalue weighted by atomic mass is 16.5. The van der Waals surface area contributed by atoms with Gasteiger partial charge in [0.2, 0.25) is 5.91 Å². The Balaban J connectivity index is 1.67. The predicted molar refractivity (Wildman–Crippen MR) is 111 cm³/mol. The molecule has 0 unspecified atom stereocenters. The van der Waals surface area contributed by atoms with Crippen LogP contribution in [0.2, 0.25) is 0 Å². The predicted octanol–water partition coefficient (Wildman–Crippen LogP) is 1.98. The van der Waals surface area contributed by atoms with Crippen LogP contribution in [0.4, 0.5) is 0 Å². The fourth-order valence-corrected chi connectivity index (χ4v) is 3.83. The van der Waals surface area contributed by atoms with Crippen LogP contribution in [0.15, 0.2) is 30.3 Å². The SMILES string of the molecule is COc1ccc(-n2c(C)cc(C(=O)OCC(=O)N3CCC[C@H](C(N)=O)C3)c2C)cc1. The van der Waals surface area contributed by atoms with E-state index in [4.69, 9.17) is 15.2 Å². The smallest absolute Gasteiger partial charge is 0.340 e. The van der Waals surface area contributed by atoms with Crippen LogP contribution in [0, 0.1) is 19.8 Å². The van der Waals surface area contributed by atoms with E-state index in [1.165, 1.54) is 4.90 Å². The summed E-state index contributed by atoms with van der Waals surface area (Å²) < 4.78 is 12.4. The Morgan fingerprint density at radius 1 is 1.17 bits per heavy atom. The van der Waals surface area contributed by atoms with Gasteiger partial charge in [-0.3, -0.25) is 9.59 Å². The third kappa shape index (κ3) is 4.48. The second kappa shape index (κ2) is 9.02. The molecule has 0 bridgehead atoms. The number of methoxy groups -OCH3 is 1. The zero-order chi connectivity index (χ0) is 21.8. The average molecular weight is 413 g/mol. The van der Waals surface area contributed by atoms with Crippen LogP contribution in [0.3, 0.4) is 0 Å². The van der Waals surface area contributed by atoms with Crippen molar-refractivity contribution < 1.29 is 23.9 Å². The van der Waals surface area contributed by atoms with Crippen molar-refractivity contribution in [3.05, 3.63) is 47.3 Å². The minimum absolute atomic E-state index is 0.275. The van der Waals surface area contributed by atoms with Crippen LogP contribution in [0.25, 0.3) is 5.69 Å². The Labute approximate surface area is 175 Å². The van der Waals surface area contributed by atoms with E-state index in [0.717, 1.165) is 22.8 Å². The minimum atomic E-state index is -0.556. The summed E-state index contributed by atoms with van der Waals surface area (Å²) in [6.45, 7) is 4.18. The number of hydrogen-bond acceptors (Lipinski definition) is 5. The minimum Gasteiger partial charge on any atom is -0.497 e. The number of aryl methyl sites for hydroxylation is 1. The molecule has 3 rings (SSSR count). The second-order valence-corrected chi connectivity index (χ2v) is 7.48. The maximum atomic E-state index is 12.6. The van der Waals surface area contributed by atoms with Gasteiger partial charge in [-0.25, -0.2) is 4.79 Å². The highest BCUT2D eigenvalue weighted by Gasteiger charge is 2.28. The van der Waals surface area contributed by atoms with Crippen molar-refractivity contribution >= 4 is 17.8 Å². The molecule has 0 radical (unpaired) electrons. The quantitative estimate of drug-likeness (QED) is 0.730. The van der Waals surface area contributed by atoms with Crippen LogP contribution >= 0.6 is 0 Å². The maximum absolute atomic E-state index is 12.6. The topological polar surface area (TPSA) is 104 Å². The van der Waals surface area contributed by atoms with Crippen molar-refractivity contribution in [1.29, 1.82) is 0 Å². The fraction of sp³-hybridized carbons (Fsp3) is 0.409. The molecule has 1 saturated heterocycles. The summed E-state index contributed by atoms with van der Waals surface area (Å²) in [6.07, 6.45) is 1.38. The first kappa shape index (κ1) is 21.4. The molecule has 8 nitrogen and oxygen atoms in total. The normalized spacial score (nSPS) is 16.2. The molecule has 2 N–H and O–H groups in total. The number of likely N-dealkylation sites (tertiary alicyclic amines) is 1. The fourth-order valence-electron chi connectivity index (χ4n) is 3.83. The van der Waals surface area contributed by atoms with E-state index < -0.39 is 11.9 Å². The number of ether oxygens (including phenoxy) is 2. The number of nitrogens with two attached hydrogens (primary N) is 1. The summed E-state index contributed by atoms with van der Waals surface area (Å²) in [4.78, 5) is 38.0. The third-order valence-electron chi connectivity index (χ3n) is 5.48. The Hall–Kier alpha value is -3.29. The molecular weight excluding hydrogens is 386 g/mol. The number of nitrogens with zero attached hydrogens (tertiary/aromatic N) is 2. The van der Waals surface area contributed by atoms with E-state index in [1.54, 1.807) is 13.2 Å². The number of aromatic nitrogens is 1. The number of benzene rings is 1. The number of rotatable bonds is 6. The second-order valence-electron chi connectivity index (χ2n) is 7.48. The van der Waals surface area contributed by atoms with E-state index in [1.807, 2.05) is 42.7 Å².